The van der Waals surface area contributed by atoms with Crippen LogP contribution in [0.3, 0.4) is 0 Å². The maximum absolute atomic E-state index is 12.7. The molecule has 2 N–H and O–H groups in total. The van der Waals surface area contributed by atoms with Crippen molar-refractivity contribution in [2.45, 2.75) is 42.8 Å². The van der Waals surface area contributed by atoms with Gasteiger partial charge in [-0.25, -0.2) is 9.97 Å². The minimum Gasteiger partial charge on any atom is -0.368 e. The largest absolute Gasteiger partial charge is 0.368 e. The SMILES string of the molecule is Cc1ccc(S[C@H](C)C(=O)N2CCC(c3ccnc(N)n3)CC2)cc1. The van der Waals surface area contributed by atoms with E-state index in [9.17, 15) is 4.79 Å². The lowest BCUT2D eigenvalue weighted by Crippen LogP contribution is -2.41. The molecule has 1 saturated heterocycles. The third-order valence-electron chi connectivity index (χ3n) is 4.60. The number of rotatable bonds is 4. The maximum Gasteiger partial charge on any atom is 0.235 e. The van der Waals surface area contributed by atoms with Crippen LogP contribution in [-0.2, 0) is 4.79 Å². The summed E-state index contributed by atoms with van der Waals surface area (Å²) < 4.78 is 0. The summed E-state index contributed by atoms with van der Waals surface area (Å²) in [5.74, 6) is 0.889. The van der Waals surface area contributed by atoms with Crippen LogP contribution in [0, 0.1) is 6.92 Å². The molecule has 1 aromatic heterocycles. The van der Waals surface area contributed by atoms with Crippen molar-refractivity contribution in [2.75, 3.05) is 18.8 Å². The number of nitrogens with two attached hydrogens (primary N) is 1. The molecular weight excluding hydrogens is 332 g/mol. The van der Waals surface area contributed by atoms with Crippen LogP contribution >= 0.6 is 11.8 Å². The molecule has 1 fully saturated rings. The Bertz CT molecular complexity index is 726. The zero-order chi connectivity index (χ0) is 17.8. The number of nitrogens with zero attached hydrogens (tertiary/aromatic N) is 3. The molecule has 0 radical (unpaired) electrons. The van der Waals surface area contributed by atoms with E-state index < -0.39 is 0 Å². The minimum absolute atomic E-state index is 0.0750. The van der Waals surface area contributed by atoms with E-state index in [0.29, 0.717) is 11.9 Å². The normalized spacial score (nSPS) is 16.6. The molecule has 6 heteroatoms. The van der Waals surface area contributed by atoms with E-state index in [1.54, 1.807) is 18.0 Å². The summed E-state index contributed by atoms with van der Waals surface area (Å²) in [6, 6.07) is 10.2. The molecule has 0 aliphatic carbocycles. The monoisotopic (exact) mass is 356 g/mol. The third kappa shape index (κ3) is 4.51. The molecule has 0 spiro atoms. The Morgan fingerprint density at radius 1 is 1.24 bits per heavy atom. The second-order valence-electron chi connectivity index (χ2n) is 6.51. The molecule has 3 rings (SSSR count). The second-order valence-corrected chi connectivity index (χ2v) is 7.93. The summed E-state index contributed by atoms with van der Waals surface area (Å²) in [7, 11) is 0. The van der Waals surface area contributed by atoms with Crippen LogP contribution in [-0.4, -0.2) is 39.1 Å². The third-order valence-corrected chi connectivity index (χ3v) is 5.70. The number of carbonyl (C=O) groups excluding carboxylic acids is 1. The Labute approximate surface area is 153 Å². The highest BCUT2D eigenvalue weighted by molar-refractivity contribution is 8.00. The van der Waals surface area contributed by atoms with Crippen molar-refractivity contribution in [3.8, 4) is 0 Å². The molecule has 2 heterocycles. The number of aryl methyl sites for hydroxylation is 1. The van der Waals surface area contributed by atoms with Gasteiger partial charge in [-0.3, -0.25) is 4.79 Å². The summed E-state index contributed by atoms with van der Waals surface area (Å²) >= 11 is 1.62. The molecule has 1 aliphatic heterocycles. The van der Waals surface area contributed by atoms with Gasteiger partial charge in [-0.2, -0.15) is 0 Å². The molecule has 2 aromatic rings. The Kier molecular flexibility index (Phi) is 5.58. The number of likely N-dealkylation sites (tertiary alicyclic amines) is 1. The van der Waals surface area contributed by atoms with Gasteiger partial charge in [-0.1, -0.05) is 17.7 Å². The number of carbonyl (C=O) groups is 1. The number of piperidine rings is 1. The van der Waals surface area contributed by atoms with E-state index in [4.69, 9.17) is 5.73 Å². The van der Waals surface area contributed by atoms with Crippen molar-refractivity contribution in [1.29, 1.82) is 0 Å². The van der Waals surface area contributed by atoms with Crippen molar-refractivity contribution < 1.29 is 4.79 Å². The predicted molar refractivity (Wildman–Crippen MR) is 101 cm³/mol. The molecule has 1 aliphatic rings. The van der Waals surface area contributed by atoms with Crippen LogP contribution in [0.4, 0.5) is 5.95 Å². The van der Waals surface area contributed by atoms with Crippen LogP contribution in [0.25, 0.3) is 0 Å². The zero-order valence-electron chi connectivity index (χ0n) is 14.7. The summed E-state index contributed by atoms with van der Waals surface area (Å²) in [4.78, 5) is 24.1. The van der Waals surface area contributed by atoms with Gasteiger partial charge in [0.25, 0.3) is 0 Å². The standard InChI is InChI=1S/C19H24N4OS/c1-13-3-5-16(6-4-13)25-14(2)18(24)23-11-8-15(9-12-23)17-7-10-21-19(20)22-17/h3-7,10,14-15H,8-9,11-12H2,1-2H3,(H2,20,21,22)/t14-/m1/s1. The quantitative estimate of drug-likeness (QED) is 0.852. The first-order valence-electron chi connectivity index (χ1n) is 8.63. The smallest absolute Gasteiger partial charge is 0.235 e. The Morgan fingerprint density at radius 2 is 1.92 bits per heavy atom. The molecular formula is C19H24N4OS. The number of amides is 1. The highest BCUT2D eigenvalue weighted by Crippen LogP contribution is 2.29. The lowest BCUT2D eigenvalue weighted by Gasteiger charge is -2.33. The van der Waals surface area contributed by atoms with Crippen molar-refractivity contribution in [1.82, 2.24) is 14.9 Å². The van der Waals surface area contributed by atoms with Gasteiger partial charge in [-0.15, -0.1) is 11.8 Å². The van der Waals surface area contributed by atoms with Gasteiger partial charge in [0, 0.05) is 35.8 Å². The molecule has 1 aromatic carbocycles. The molecule has 5 nitrogen and oxygen atoms in total. The van der Waals surface area contributed by atoms with Crippen molar-refractivity contribution in [2.24, 2.45) is 0 Å². The van der Waals surface area contributed by atoms with Gasteiger partial charge in [-0.05, 0) is 44.9 Å². The topological polar surface area (TPSA) is 72.1 Å². The van der Waals surface area contributed by atoms with E-state index in [0.717, 1.165) is 36.5 Å². The molecule has 25 heavy (non-hydrogen) atoms. The average Bonchev–Trinajstić information content (AvgIpc) is 2.63. The number of thioether (sulfide) groups is 1. The first kappa shape index (κ1) is 17.7. The number of anilines is 1. The molecule has 0 unspecified atom stereocenters. The number of benzene rings is 1. The zero-order valence-corrected chi connectivity index (χ0v) is 15.5. The van der Waals surface area contributed by atoms with E-state index in [1.165, 1.54) is 5.56 Å². The van der Waals surface area contributed by atoms with E-state index in [2.05, 4.69) is 41.2 Å². The van der Waals surface area contributed by atoms with Gasteiger partial charge in [0.15, 0.2) is 0 Å². The number of hydrogen-bond acceptors (Lipinski definition) is 5. The van der Waals surface area contributed by atoms with Gasteiger partial charge in [0.2, 0.25) is 11.9 Å². The van der Waals surface area contributed by atoms with Crippen LogP contribution in [0.5, 0.6) is 0 Å². The van der Waals surface area contributed by atoms with Crippen LogP contribution in [0.2, 0.25) is 0 Å². The Morgan fingerprint density at radius 3 is 2.56 bits per heavy atom. The van der Waals surface area contributed by atoms with Gasteiger partial charge in [0.05, 0.1) is 5.25 Å². The number of hydrogen-bond donors (Lipinski definition) is 1. The second kappa shape index (κ2) is 7.87. The molecule has 0 bridgehead atoms. The first-order chi connectivity index (χ1) is 12.0. The minimum atomic E-state index is -0.0750. The highest BCUT2D eigenvalue weighted by Gasteiger charge is 2.27. The fourth-order valence-corrected chi connectivity index (χ4v) is 4.09. The Hall–Kier alpha value is -2.08. The molecule has 1 atom stereocenters. The first-order valence-corrected chi connectivity index (χ1v) is 9.51. The van der Waals surface area contributed by atoms with Crippen molar-refractivity contribution in [3.63, 3.8) is 0 Å². The van der Waals surface area contributed by atoms with Gasteiger partial charge >= 0.3 is 0 Å². The summed E-state index contributed by atoms with van der Waals surface area (Å²) in [6.45, 7) is 5.60. The maximum atomic E-state index is 12.7. The number of aromatic nitrogens is 2. The van der Waals surface area contributed by atoms with Crippen LogP contribution in [0.15, 0.2) is 41.4 Å². The van der Waals surface area contributed by atoms with E-state index in [-0.39, 0.29) is 11.2 Å². The summed E-state index contributed by atoms with van der Waals surface area (Å²) in [6.07, 6.45) is 3.55. The Balaban J connectivity index is 1.54. The predicted octanol–water partition coefficient (Wildman–Crippen LogP) is 3.25. The van der Waals surface area contributed by atoms with E-state index >= 15 is 0 Å². The summed E-state index contributed by atoms with van der Waals surface area (Å²) in [5, 5.41) is -0.0750. The molecule has 0 saturated carbocycles. The van der Waals surface area contributed by atoms with Crippen molar-refractivity contribution >= 4 is 23.6 Å². The fraction of sp³-hybridized carbons (Fsp3) is 0.421. The lowest BCUT2D eigenvalue weighted by molar-refractivity contribution is -0.131. The average molecular weight is 356 g/mol. The van der Waals surface area contributed by atoms with E-state index in [1.807, 2.05) is 17.9 Å². The fourth-order valence-electron chi connectivity index (χ4n) is 3.14. The molecule has 132 valence electrons. The van der Waals surface area contributed by atoms with Gasteiger partial charge < -0.3 is 10.6 Å². The van der Waals surface area contributed by atoms with Crippen LogP contribution in [0.1, 0.15) is 36.9 Å². The lowest BCUT2D eigenvalue weighted by atomic mass is 9.93. The van der Waals surface area contributed by atoms with Crippen LogP contribution < -0.4 is 5.73 Å². The highest BCUT2D eigenvalue weighted by atomic mass is 32.2. The number of nitrogen functional groups attached to an aromatic ring is 1. The summed E-state index contributed by atoms with van der Waals surface area (Å²) in [5.41, 5.74) is 7.89. The van der Waals surface area contributed by atoms with Gasteiger partial charge in [0.1, 0.15) is 0 Å². The molecule has 1 amide bonds. The van der Waals surface area contributed by atoms with Crippen molar-refractivity contribution in [3.05, 3.63) is 47.8 Å².